The number of H-pyrrole nitrogens is 1. The summed E-state index contributed by atoms with van der Waals surface area (Å²) in [5.74, 6) is 0.604. The lowest BCUT2D eigenvalue weighted by molar-refractivity contribution is 0.0951. The lowest BCUT2D eigenvalue weighted by Gasteiger charge is -2.07. The molecule has 3 heterocycles. The van der Waals surface area contributed by atoms with Gasteiger partial charge in [-0.3, -0.25) is 9.59 Å². The van der Waals surface area contributed by atoms with Gasteiger partial charge in [0.2, 0.25) is 6.79 Å². The average molecular weight is 428 g/mol. The number of amides is 2. The molecule has 2 aromatic heterocycles. The van der Waals surface area contributed by atoms with Crippen LogP contribution >= 0.6 is 0 Å². The molecule has 0 saturated heterocycles. The Labute approximate surface area is 183 Å². The predicted octanol–water partition coefficient (Wildman–Crippen LogP) is 3.78. The Morgan fingerprint density at radius 1 is 1.06 bits per heavy atom. The Morgan fingerprint density at radius 2 is 1.94 bits per heavy atom. The van der Waals surface area contributed by atoms with Gasteiger partial charge in [-0.15, -0.1) is 0 Å². The summed E-state index contributed by atoms with van der Waals surface area (Å²) in [6.07, 6.45) is 3.16. The van der Waals surface area contributed by atoms with Crippen molar-refractivity contribution >= 4 is 28.5 Å². The van der Waals surface area contributed by atoms with Crippen molar-refractivity contribution in [3.8, 4) is 11.5 Å². The minimum atomic E-state index is -0.314. The van der Waals surface area contributed by atoms with E-state index in [1.165, 1.54) is 6.20 Å². The molecule has 8 heteroatoms. The molecule has 0 radical (unpaired) electrons. The highest BCUT2D eigenvalue weighted by atomic mass is 16.7. The summed E-state index contributed by atoms with van der Waals surface area (Å²) in [5, 5.41) is 6.37. The summed E-state index contributed by atoms with van der Waals surface area (Å²) in [6, 6.07) is 14.7. The standard InChI is InChI=1S/C24H20N4O4/c1-14-3-2-4-15(7-14)10-27-24(30)19-12-26-22-18(19)9-17(11-25-22)28-23(29)16-5-6-20-21(8-16)32-13-31-20/h2-9,11-12H,10,13H2,1H3,(H,25,26)(H,27,30)(H,28,29). The van der Waals surface area contributed by atoms with Gasteiger partial charge in [-0.05, 0) is 36.8 Å². The smallest absolute Gasteiger partial charge is 0.255 e. The first-order valence-corrected chi connectivity index (χ1v) is 10.1. The zero-order valence-electron chi connectivity index (χ0n) is 17.3. The molecule has 160 valence electrons. The van der Waals surface area contributed by atoms with Gasteiger partial charge in [0.1, 0.15) is 5.65 Å². The topological polar surface area (TPSA) is 105 Å². The summed E-state index contributed by atoms with van der Waals surface area (Å²) < 4.78 is 10.6. The lowest BCUT2D eigenvalue weighted by atomic mass is 10.1. The number of hydrogen-bond donors (Lipinski definition) is 3. The van der Waals surface area contributed by atoms with E-state index in [2.05, 4.69) is 20.6 Å². The van der Waals surface area contributed by atoms with E-state index in [4.69, 9.17) is 9.47 Å². The number of aromatic nitrogens is 2. The fraction of sp³-hybridized carbons (Fsp3) is 0.125. The van der Waals surface area contributed by atoms with Gasteiger partial charge in [0.05, 0.1) is 17.4 Å². The van der Waals surface area contributed by atoms with Crippen molar-refractivity contribution in [3.63, 3.8) is 0 Å². The van der Waals surface area contributed by atoms with E-state index in [9.17, 15) is 9.59 Å². The number of carbonyl (C=O) groups excluding carboxylic acids is 2. The van der Waals surface area contributed by atoms with Crippen molar-refractivity contribution in [2.75, 3.05) is 12.1 Å². The first-order chi connectivity index (χ1) is 15.6. The SMILES string of the molecule is Cc1cccc(CNC(=O)c2c[nH]c3ncc(NC(=O)c4ccc5c(c4)OCO5)cc23)c1. The summed E-state index contributed by atoms with van der Waals surface area (Å²) in [6.45, 7) is 2.57. The van der Waals surface area contributed by atoms with Crippen LogP contribution in [-0.2, 0) is 6.54 Å². The highest BCUT2D eigenvalue weighted by molar-refractivity contribution is 6.08. The largest absolute Gasteiger partial charge is 0.454 e. The highest BCUT2D eigenvalue weighted by Gasteiger charge is 2.17. The molecule has 0 fully saturated rings. The van der Waals surface area contributed by atoms with Crippen molar-refractivity contribution in [2.24, 2.45) is 0 Å². The molecule has 0 aliphatic carbocycles. The van der Waals surface area contributed by atoms with Gasteiger partial charge in [-0.25, -0.2) is 4.98 Å². The van der Waals surface area contributed by atoms with Gasteiger partial charge < -0.3 is 25.1 Å². The Kier molecular flexibility index (Phi) is 4.95. The Balaban J connectivity index is 1.33. The van der Waals surface area contributed by atoms with Crippen molar-refractivity contribution in [1.82, 2.24) is 15.3 Å². The number of nitrogens with one attached hydrogen (secondary N) is 3. The van der Waals surface area contributed by atoms with Crippen LogP contribution in [-0.4, -0.2) is 28.6 Å². The molecule has 0 atom stereocenters. The number of anilines is 1. The average Bonchev–Trinajstić information content (AvgIpc) is 3.43. The summed E-state index contributed by atoms with van der Waals surface area (Å²) in [7, 11) is 0. The molecule has 3 N–H and O–H groups in total. The molecule has 8 nitrogen and oxygen atoms in total. The molecule has 2 aromatic carbocycles. The number of fused-ring (bicyclic) bond motifs is 2. The number of pyridine rings is 1. The Morgan fingerprint density at radius 3 is 2.81 bits per heavy atom. The number of carbonyl (C=O) groups is 2. The van der Waals surface area contributed by atoms with Gasteiger partial charge in [0.25, 0.3) is 11.8 Å². The van der Waals surface area contributed by atoms with Crippen LogP contribution in [0.4, 0.5) is 5.69 Å². The molecule has 5 rings (SSSR count). The third-order valence-electron chi connectivity index (χ3n) is 5.20. The number of nitrogens with zero attached hydrogens (tertiary/aromatic N) is 1. The lowest BCUT2D eigenvalue weighted by Crippen LogP contribution is -2.22. The number of hydrogen-bond acceptors (Lipinski definition) is 5. The second-order valence-corrected chi connectivity index (χ2v) is 7.52. The van der Waals surface area contributed by atoms with Gasteiger partial charge in [0.15, 0.2) is 11.5 Å². The van der Waals surface area contributed by atoms with E-state index in [1.807, 2.05) is 31.2 Å². The van der Waals surface area contributed by atoms with E-state index in [0.29, 0.717) is 45.9 Å². The zero-order valence-corrected chi connectivity index (χ0v) is 17.3. The monoisotopic (exact) mass is 428 g/mol. The van der Waals surface area contributed by atoms with E-state index in [1.54, 1.807) is 30.5 Å². The minimum absolute atomic E-state index is 0.142. The van der Waals surface area contributed by atoms with Crippen LogP contribution in [0.3, 0.4) is 0 Å². The molecule has 0 unspecified atom stereocenters. The second-order valence-electron chi connectivity index (χ2n) is 7.52. The first-order valence-electron chi connectivity index (χ1n) is 10.1. The number of benzene rings is 2. The quantitative estimate of drug-likeness (QED) is 0.449. The highest BCUT2D eigenvalue weighted by Crippen LogP contribution is 2.32. The predicted molar refractivity (Wildman–Crippen MR) is 119 cm³/mol. The third-order valence-corrected chi connectivity index (χ3v) is 5.20. The van der Waals surface area contributed by atoms with Gasteiger partial charge in [-0.1, -0.05) is 29.8 Å². The van der Waals surface area contributed by atoms with Crippen LogP contribution in [0.1, 0.15) is 31.8 Å². The number of ether oxygens (including phenoxy) is 2. The van der Waals surface area contributed by atoms with Crippen molar-refractivity contribution < 1.29 is 19.1 Å². The summed E-state index contributed by atoms with van der Waals surface area (Å²) in [5.41, 5.74) is 4.09. The van der Waals surface area contributed by atoms with Crippen LogP contribution in [0.25, 0.3) is 11.0 Å². The molecule has 0 spiro atoms. The number of rotatable bonds is 5. The van der Waals surface area contributed by atoms with Gasteiger partial charge in [0, 0.05) is 23.7 Å². The van der Waals surface area contributed by atoms with Crippen LogP contribution in [0.15, 0.2) is 60.9 Å². The van der Waals surface area contributed by atoms with Crippen molar-refractivity contribution in [3.05, 3.63) is 83.2 Å². The second kappa shape index (κ2) is 8.07. The maximum atomic E-state index is 12.8. The van der Waals surface area contributed by atoms with Crippen molar-refractivity contribution in [2.45, 2.75) is 13.5 Å². The maximum absolute atomic E-state index is 12.8. The molecule has 1 aliphatic rings. The Hall–Kier alpha value is -4.33. The normalized spacial score (nSPS) is 12.0. The van der Waals surface area contributed by atoms with E-state index >= 15 is 0 Å². The van der Waals surface area contributed by atoms with E-state index < -0.39 is 0 Å². The van der Waals surface area contributed by atoms with Crippen LogP contribution < -0.4 is 20.1 Å². The molecule has 32 heavy (non-hydrogen) atoms. The molecule has 0 saturated carbocycles. The van der Waals surface area contributed by atoms with Crippen LogP contribution in [0, 0.1) is 6.92 Å². The number of aryl methyl sites for hydroxylation is 1. The molecular weight excluding hydrogens is 408 g/mol. The fourth-order valence-electron chi connectivity index (χ4n) is 3.60. The van der Waals surface area contributed by atoms with E-state index in [-0.39, 0.29) is 18.6 Å². The van der Waals surface area contributed by atoms with Crippen LogP contribution in [0.2, 0.25) is 0 Å². The minimum Gasteiger partial charge on any atom is -0.454 e. The number of aromatic amines is 1. The summed E-state index contributed by atoms with van der Waals surface area (Å²) >= 11 is 0. The molecular formula is C24H20N4O4. The fourth-order valence-corrected chi connectivity index (χ4v) is 3.60. The molecule has 4 aromatic rings. The van der Waals surface area contributed by atoms with Crippen LogP contribution in [0.5, 0.6) is 11.5 Å². The maximum Gasteiger partial charge on any atom is 0.255 e. The Bertz CT molecular complexity index is 1350. The zero-order chi connectivity index (χ0) is 22.1. The van der Waals surface area contributed by atoms with Gasteiger partial charge in [-0.2, -0.15) is 0 Å². The third kappa shape index (κ3) is 3.85. The molecule has 0 bridgehead atoms. The van der Waals surface area contributed by atoms with E-state index in [0.717, 1.165) is 11.1 Å². The van der Waals surface area contributed by atoms with Crippen molar-refractivity contribution in [1.29, 1.82) is 0 Å². The van der Waals surface area contributed by atoms with Gasteiger partial charge >= 0.3 is 0 Å². The molecule has 2 amide bonds. The molecule has 1 aliphatic heterocycles. The summed E-state index contributed by atoms with van der Waals surface area (Å²) in [4.78, 5) is 32.8. The first kappa shape index (κ1) is 19.6.